The molecule has 0 saturated carbocycles. The van der Waals surface area contributed by atoms with Gasteiger partial charge in [-0.3, -0.25) is 33.6 Å². The van der Waals surface area contributed by atoms with E-state index in [0.717, 1.165) is 0 Å². The minimum Gasteiger partial charge on any atom is -0.481 e. The normalized spacial score (nSPS) is 15.5. The van der Waals surface area contributed by atoms with Crippen molar-refractivity contribution in [2.75, 3.05) is 12.0 Å². The second kappa shape index (κ2) is 21.8. The molecule has 0 aromatic heterocycles. The van der Waals surface area contributed by atoms with E-state index >= 15 is 0 Å². The smallest absolute Gasteiger partial charge is 0.326 e. The Kier molecular flexibility index (Phi) is 20.0. The molecular weight excluding hydrogens is 640 g/mol. The first-order valence-electron chi connectivity index (χ1n) is 15.3. The average Bonchev–Trinajstić information content (AvgIpc) is 2.99. The van der Waals surface area contributed by atoms with Crippen LogP contribution in [0, 0.1) is 11.8 Å². The monoisotopic (exact) mass is 690 g/mol. The number of amides is 5. The first kappa shape index (κ1) is 43.1. The summed E-state index contributed by atoms with van der Waals surface area (Å²) in [6, 6.07) is -7.60. The van der Waals surface area contributed by atoms with Crippen LogP contribution in [0.5, 0.6) is 0 Å². The van der Waals surface area contributed by atoms with Crippen molar-refractivity contribution in [2.24, 2.45) is 17.6 Å². The Morgan fingerprint density at radius 2 is 1.11 bits per heavy atom. The molecule has 17 nitrogen and oxygen atoms in total. The van der Waals surface area contributed by atoms with Gasteiger partial charge in [-0.15, -0.1) is 0 Å². The highest BCUT2D eigenvalue weighted by Gasteiger charge is 2.34. The van der Waals surface area contributed by atoms with Crippen LogP contribution in [0.2, 0.25) is 0 Å². The summed E-state index contributed by atoms with van der Waals surface area (Å²) in [6.45, 7) is 7.91. The van der Waals surface area contributed by atoms with Gasteiger partial charge in [0.1, 0.15) is 30.2 Å². The fourth-order valence-electron chi connectivity index (χ4n) is 4.12. The van der Waals surface area contributed by atoms with Gasteiger partial charge in [-0.1, -0.05) is 34.1 Å². The highest BCUT2D eigenvalue weighted by Crippen LogP contribution is 2.10. The summed E-state index contributed by atoms with van der Waals surface area (Å²) < 4.78 is 0. The zero-order valence-corrected chi connectivity index (χ0v) is 28.5. The van der Waals surface area contributed by atoms with Gasteiger partial charge in [0, 0.05) is 12.8 Å². The second-order valence-corrected chi connectivity index (χ2v) is 12.5. The lowest BCUT2D eigenvalue weighted by molar-refractivity contribution is -0.144. The number of carboxylic acid groups (broad SMARTS) is 3. The molecule has 0 rings (SSSR count). The number of hydrogen-bond acceptors (Lipinski definition) is 10. The van der Waals surface area contributed by atoms with Crippen LogP contribution >= 0.6 is 11.8 Å². The maximum absolute atomic E-state index is 13.3. The van der Waals surface area contributed by atoms with Crippen LogP contribution in [-0.2, 0) is 38.4 Å². The first-order valence-corrected chi connectivity index (χ1v) is 16.7. The van der Waals surface area contributed by atoms with Gasteiger partial charge in [0.05, 0.1) is 6.04 Å². The Balaban J connectivity index is 5.89. The van der Waals surface area contributed by atoms with Gasteiger partial charge in [0.2, 0.25) is 29.5 Å². The van der Waals surface area contributed by atoms with Crippen molar-refractivity contribution in [2.45, 2.75) is 109 Å². The number of carboxylic acids is 3. The predicted molar refractivity (Wildman–Crippen MR) is 172 cm³/mol. The fourth-order valence-corrected chi connectivity index (χ4v) is 4.61. The molecule has 0 heterocycles. The van der Waals surface area contributed by atoms with Crippen molar-refractivity contribution in [1.82, 2.24) is 26.6 Å². The topological polar surface area (TPSA) is 283 Å². The van der Waals surface area contributed by atoms with E-state index in [2.05, 4.69) is 26.6 Å². The quantitative estimate of drug-likeness (QED) is 0.0625. The van der Waals surface area contributed by atoms with E-state index in [9.17, 15) is 48.6 Å². The number of rotatable bonds is 23. The van der Waals surface area contributed by atoms with E-state index < -0.39 is 115 Å². The predicted octanol–water partition coefficient (Wildman–Crippen LogP) is -0.973. The Morgan fingerprint density at radius 1 is 0.638 bits per heavy atom. The molecule has 7 atom stereocenters. The molecular formula is C29H50N6O11S. The van der Waals surface area contributed by atoms with Gasteiger partial charge in [-0.25, -0.2) is 4.79 Å². The van der Waals surface area contributed by atoms with E-state index in [1.54, 1.807) is 27.7 Å². The van der Waals surface area contributed by atoms with Crippen LogP contribution in [0.1, 0.15) is 73.1 Å². The van der Waals surface area contributed by atoms with E-state index in [-0.39, 0.29) is 12.8 Å². The summed E-state index contributed by atoms with van der Waals surface area (Å²) in [4.78, 5) is 99.1. The summed E-state index contributed by atoms with van der Waals surface area (Å²) in [6.07, 6.45) is 0.699. The molecule has 18 heteroatoms. The lowest BCUT2D eigenvalue weighted by atomic mass is 9.99. The van der Waals surface area contributed by atoms with Gasteiger partial charge in [-0.05, 0) is 50.0 Å². The number of carbonyl (C=O) groups is 8. The zero-order chi connectivity index (χ0) is 36.4. The highest BCUT2D eigenvalue weighted by molar-refractivity contribution is 7.98. The van der Waals surface area contributed by atoms with Crippen molar-refractivity contribution < 1.29 is 53.7 Å². The molecule has 5 amide bonds. The lowest BCUT2D eigenvalue weighted by Crippen LogP contribution is -2.60. The number of hydrogen-bond donors (Lipinski definition) is 9. The molecule has 0 aliphatic rings. The Morgan fingerprint density at radius 3 is 1.53 bits per heavy atom. The van der Waals surface area contributed by atoms with Crippen molar-refractivity contribution in [3.05, 3.63) is 0 Å². The number of thioether (sulfide) groups is 1. The zero-order valence-electron chi connectivity index (χ0n) is 27.7. The minimum atomic E-state index is -1.52. The summed E-state index contributed by atoms with van der Waals surface area (Å²) in [5.74, 6) is -8.40. The molecule has 0 aromatic carbocycles. The van der Waals surface area contributed by atoms with Crippen LogP contribution in [0.25, 0.3) is 0 Å². The second-order valence-electron chi connectivity index (χ2n) is 11.5. The summed E-state index contributed by atoms with van der Waals surface area (Å²) in [5, 5.41) is 39.8. The highest BCUT2D eigenvalue weighted by atomic mass is 32.2. The molecule has 0 radical (unpaired) electrons. The number of carbonyl (C=O) groups excluding carboxylic acids is 5. The molecule has 0 aliphatic heterocycles. The Hall–Kier alpha value is -3.93. The van der Waals surface area contributed by atoms with Gasteiger partial charge in [-0.2, -0.15) is 11.8 Å². The van der Waals surface area contributed by atoms with Crippen molar-refractivity contribution in [1.29, 1.82) is 0 Å². The maximum Gasteiger partial charge on any atom is 0.326 e. The molecule has 0 saturated heterocycles. The van der Waals surface area contributed by atoms with Crippen molar-refractivity contribution >= 4 is 59.2 Å². The van der Waals surface area contributed by atoms with Gasteiger partial charge in [0.15, 0.2) is 0 Å². The third-order valence-corrected chi connectivity index (χ3v) is 7.95. The van der Waals surface area contributed by atoms with Crippen LogP contribution < -0.4 is 32.3 Å². The van der Waals surface area contributed by atoms with Crippen LogP contribution in [-0.4, -0.2) is 111 Å². The average molecular weight is 691 g/mol. The van der Waals surface area contributed by atoms with Crippen LogP contribution in [0.4, 0.5) is 0 Å². The molecule has 268 valence electrons. The molecule has 10 N–H and O–H groups in total. The Labute approximate surface area is 278 Å². The van der Waals surface area contributed by atoms with E-state index in [1.165, 1.54) is 18.7 Å². The lowest BCUT2D eigenvalue weighted by Gasteiger charge is -2.28. The van der Waals surface area contributed by atoms with Crippen LogP contribution in [0.3, 0.4) is 0 Å². The fraction of sp³-hybridized carbons (Fsp3) is 0.724. The molecule has 0 unspecified atom stereocenters. The molecule has 0 spiro atoms. The molecule has 0 aromatic rings. The number of aliphatic carboxylic acids is 3. The largest absolute Gasteiger partial charge is 0.481 e. The third kappa shape index (κ3) is 16.5. The van der Waals surface area contributed by atoms with Crippen LogP contribution in [0.15, 0.2) is 0 Å². The van der Waals surface area contributed by atoms with E-state index in [4.69, 9.17) is 10.8 Å². The van der Waals surface area contributed by atoms with Gasteiger partial charge in [0.25, 0.3) is 0 Å². The van der Waals surface area contributed by atoms with Crippen molar-refractivity contribution in [3.63, 3.8) is 0 Å². The minimum absolute atomic E-state index is 0.279. The first-order chi connectivity index (χ1) is 21.9. The van der Waals surface area contributed by atoms with E-state index in [0.29, 0.717) is 12.2 Å². The van der Waals surface area contributed by atoms with Gasteiger partial charge >= 0.3 is 17.9 Å². The summed E-state index contributed by atoms with van der Waals surface area (Å²) in [5.41, 5.74) is 5.87. The Bertz CT molecular complexity index is 1120. The van der Waals surface area contributed by atoms with Gasteiger partial charge < -0.3 is 47.6 Å². The summed E-state index contributed by atoms with van der Waals surface area (Å²) >= 11 is 1.45. The molecule has 0 bridgehead atoms. The standard InChI is InChI=1S/C29H50N6O11S/c1-7-15(4)23(29(45)46)35-24(40)16(5)31-28(44)22(14(2)3)34-27(43)19(9-11-21(38)39)33-26(42)18(8-10-20(36)37)32-25(41)17(30)12-13-47-6/h14-19,22-23H,7-13,30H2,1-6H3,(H,31,44)(H,32,41)(H,33,42)(H,34,43)(H,35,40)(H,36,37)(H,38,39)(H,45,46)/t15-,16-,17-,18-,19-,22-,23-/m0/s1. The number of nitrogens with one attached hydrogen (secondary N) is 5. The van der Waals surface area contributed by atoms with E-state index in [1.807, 2.05) is 6.26 Å². The SMILES string of the molecule is CC[C@H](C)[C@H](NC(=O)[C@H](C)NC(=O)[C@@H](NC(=O)[C@H](CCC(=O)O)NC(=O)[C@H](CCC(=O)O)NC(=O)[C@@H](N)CCSC)C(C)C)C(=O)O. The van der Waals surface area contributed by atoms with Crippen molar-refractivity contribution in [3.8, 4) is 0 Å². The third-order valence-electron chi connectivity index (χ3n) is 7.31. The number of nitrogens with two attached hydrogens (primary N) is 1. The molecule has 0 aliphatic carbocycles. The molecule has 47 heavy (non-hydrogen) atoms. The molecule has 0 fully saturated rings. The maximum atomic E-state index is 13.3. The summed E-state index contributed by atoms with van der Waals surface area (Å²) in [7, 11) is 0.